The van der Waals surface area contributed by atoms with E-state index >= 15 is 0 Å². The monoisotopic (exact) mass is 415 g/mol. The van der Waals surface area contributed by atoms with E-state index in [1.54, 1.807) is 0 Å². The Morgan fingerprint density at radius 1 is 0.759 bits per heavy atom. The summed E-state index contributed by atoms with van der Waals surface area (Å²) in [6.45, 7) is 4.85. The lowest BCUT2D eigenvalue weighted by Gasteiger charge is -2.14. The lowest BCUT2D eigenvalue weighted by molar-refractivity contribution is -0.158. The summed E-state index contributed by atoms with van der Waals surface area (Å²) in [5.41, 5.74) is 5.65. The third-order valence-electron chi connectivity index (χ3n) is 5.30. The summed E-state index contributed by atoms with van der Waals surface area (Å²) in [6.07, 6.45) is 20.4. The Kier molecular flexibility index (Phi) is 21.6. The van der Waals surface area contributed by atoms with Crippen LogP contribution >= 0.6 is 0 Å². The van der Waals surface area contributed by atoms with Crippen LogP contribution in [0.2, 0.25) is 0 Å². The van der Waals surface area contributed by atoms with Gasteiger partial charge in [0.25, 0.3) is 0 Å². The molecule has 0 saturated carbocycles. The van der Waals surface area contributed by atoms with E-state index in [4.69, 9.17) is 20.3 Å². The van der Waals surface area contributed by atoms with Crippen molar-refractivity contribution in [2.75, 3.05) is 13.2 Å². The van der Waals surface area contributed by atoms with Crippen LogP contribution in [0.4, 0.5) is 0 Å². The highest BCUT2D eigenvalue weighted by Crippen LogP contribution is 2.13. The molecule has 0 aliphatic rings. The Hall–Kier alpha value is -0.650. The van der Waals surface area contributed by atoms with Crippen molar-refractivity contribution in [3.63, 3.8) is 0 Å². The molecule has 29 heavy (non-hydrogen) atoms. The highest BCUT2D eigenvalue weighted by atomic mass is 16.6. The largest absolute Gasteiger partial charge is 0.445 e. The summed E-state index contributed by atoms with van der Waals surface area (Å²) < 4.78 is 10.4. The Morgan fingerprint density at radius 3 is 1.59 bits per heavy atom. The smallest absolute Gasteiger partial charge is 0.336 e. The van der Waals surface area contributed by atoms with Gasteiger partial charge in [0.05, 0.1) is 6.61 Å². The van der Waals surface area contributed by atoms with Crippen molar-refractivity contribution in [3.8, 4) is 0 Å². The van der Waals surface area contributed by atoms with E-state index in [0.29, 0.717) is 13.0 Å². The van der Waals surface area contributed by atoms with Gasteiger partial charge >= 0.3 is 5.97 Å². The molecule has 0 aromatic carbocycles. The molecule has 0 aromatic heterocycles. The summed E-state index contributed by atoms with van der Waals surface area (Å²) in [4.78, 5) is 11.2. The molecular weight excluding hydrogens is 366 g/mol. The van der Waals surface area contributed by atoms with Crippen LogP contribution in [0.5, 0.6) is 0 Å². The highest BCUT2D eigenvalue weighted by molar-refractivity contribution is 5.73. The fourth-order valence-corrected chi connectivity index (χ4v) is 3.36. The van der Waals surface area contributed by atoms with Gasteiger partial charge in [-0.2, -0.15) is 0 Å². The van der Waals surface area contributed by atoms with E-state index in [-0.39, 0.29) is 0 Å². The number of hydrogen-bond donors (Lipinski definition) is 2. The molecule has 0 aliphatic carbocycles. The second-order valence-electron chi connectivity index (χ2n) is 8.36. The summed E-state index contributed by atoms with van der Waals surface area (Å²) in [5.74, 6) is -0.685. The van der Waals surface area contributed by atoms with Gasteiger partial charge in [0, 0.05) is 13.0 Å². The minimum Gasteiger partial charge on any atom is -0.445 e. The molecule has 0 aromatic rings. The molecule has 5 nitrogen and oxygen atoms in total. The van der Waals surface area contributed by atoms with Crippen LogP contribution < -0.4 is 5.73 Å². The Labute approximate surface area is 180 Å². The SMILES string of the molecule is CCCCCCCCCCCCCCCCCCOCCC(N)OC(=O)C(C)O. The van der Waals surface area contributed by atoms with Gasteiger partial charge < -0.3 is 14.6 Å². The molecule has 0 heterocycles. The van der Waals surface area contributed by atoms with Crippen LogP contribution in [-0.4, -0.2) is 36.6 Å². The predicted molar refractivity (Wildman–Crippen MR) is 121 cm³/mol. The van der Waals surface area contributed by atoms with E-state index in [0.717, 1.165) is 13.0 Å². The molecule has 0 aliphatic heterocycles. The topological polar surface area (TPSA) is 81.8 Å². The molecule has 0 amide bonds. The molecular formula is C24H49NO4. The number of aliphatic hydroxyl groups excluding tert-OH is 1. The van der Waals surface area contributed by atoms with Crippen molar-refractivity contribution in [1.29, 1.82) is 0 Å². The molecule has 5 heteroatoms. The number of carbonyl (C=O) groups is 1. The van der Waals surface area contributed by atoms with Gasteiger partial charge in [-0.1, -0.05) is 103 Å². The van der Waals surface area contributed by atoms with E-state index < -0.39 is 18.3 Å². The van der Waals surface area contributed by atoms with Gasteiger partial charge in [-0.25, -0.2) is 4.79 Å². The molecule has 2 atom stereocenters. The maximum absolute atomic E-state index is 11.2. The average Bonchev–Trinajstić information content (AvgIpc) is 2.69. The van der Waals surface area contributed by atoms with Gasteiger partial charge in [0.2, 0.25) is 0 Å². The molecule has 0 saturated heterocycles. The van der Waals surface area contributed by atoms with Crippen LogP contribution in [0.1, 0.15) is 123 Å². The van der Waals surface area contributed by atoms with Crippen LogP contribution in [0.25, 0.3) is 0 Å². The number of esters is 1. The maximum atomic E-state index is 11.2. The second-order valence-corrected chi connectivity index (χ2v) is 8.36. The number of ether oxygens (including phenoxy) is 2. The molecule has 0 bridgehead atoms. The van der Waals surface area contributed by atoms with Crippen LogP contribution in [0.15, 0.2) is 0 Å². The van der Waals surface area contributed by atoms with Crippen LogP contribution in [0.3, 0.4) is 0 Å². The predicted octanol–water partition coefficient (Wildman–Crippen LogP) is 5.86. The fraction of sp³-hybridized carbons (Fsp3) is 0.958. The Balaban J connectivity index is 3.14. The quantitative estimate of drug-likeness (QED) is 0.131. The first-order valence-electron chi connectivity index (χ1n) is 12.3. The van der Waals surface area contributed by atoms with Crippen molar-refractivity contribution >= 4 is 5.97 Å². The highest BCUT2D eigenvalue weighted by Gasteiger charge is 2.14. The van der Waals surface area contributed by atoms with Crippen molar-refractivity contribution in [3.05, 3.63) is 0 Å². The molecule has 174 valence electrons. The first-order chi connectivity index (χ1) is 14.1. The lowest BCUT2D eigenvalue weighted by atomic mass is 10.0. The summed E-state index contributed by atoms with van der Waals surface area (Å²) >= 11 is 0. The molecule has 0 fully saturated rings. The number of carbonyl (C=O) groups excluding carboxylic acids is 1. The fourth-order valence-electron chi connectivity index (χ4n) is 3.36. The first-order valence-corrected chi connectivity index (χ1v) is 12.3. The average molecular weight is 416 g/mol. The molecule has 2 unspecified atom stereocenters. The van der Waals surface area contributed by atoms with Crippen molar-refractivity contribution < 1.29 is 19.4 Å². The minimum absolute atomic E-state index is 0.456. The van der Waals surface area contributed by atoms with Gasteiger partial charge in [-0.15, -0.1) is 0 Å². The number of rotatable bonds is 22. The number of nitrogens with two attached hydrogens (primary N) is 1. The zero-order valence-electron chi connectivity index (χ0n) is 19.3. The summed E-state index contributed by atoms with van der Waals surface area (Å²) in [6, 6.07) is 0. The molecule has 0 spiro atoms. The van der Waals surface area contributed by atoms with Crippen molar-refractivity contribution in [2.45, 2.75) is 135 Å². The van der Waals surface area contributed by atoms with E-state index in [1.807, 2.05) is 0 Å². The van der Waals surface area contributed by atoms with Crippen LogP contribution in [0, 0.1) is 0 Å². The number of unbranched alkanes of at least 4 members (excludes halogenated alkanes) is 15. The summed E-state index contributed by atoms with van der Waals surface area (Å²) in [5, 5.41) is 9.04. The van der Waals surface area contributed by atoms with Gasteiger partial charge in [-0.3, -0.25) is 5.73 Å². The third kappa shape index (κ3) is 21.9. The zero-order valence-corrected chi connectivity index (χ0v) is 19.3. The number of hydrogen-bond acceptors (Lipinski definition) is 5. The molecule has 0 radical (unpaired) electrons. The lowest BCUT2D eigenvalue weighted by Crippen LogP contribution is -2.32. The maximum Gasteiger partial charge on any atom is 0.336 e. The second kappa shape index (κ2) is 22.0. The van der Waals surface area contributed by atoms with E-state index in [1.165, 1.54) is 103 Å². The van der Waals surface area contributed by atoms with E-state index in [2.05, 4.69) is 6.92 Å². The normalized spacial score (nSPS) is 13.4. The van der Waals surface area contributed by atoms with Gasteiger partial charge in [0.1, 0.15) is 6.10 Å². The molecule has 3 N–H and O–H groups in total. The van der Waals surface area contributed by atoms with Crippen LogP contribution in [-0.2, 0) is 14.3 Å². The summed E-state index contributed by atoms with van der Waals surface area (Å²) in [7, 11) is 0. The first kappa shape index (κ1) is 28.4. The Bertz CT molecular complexity index is 350. The Morgan fingerprint density at radius 2 is 1.17 bits per heavy atom. The van der Waals surface area contributed by atoms with Crippen molar-refractivity contribution in [1.82, 2.24) is 0 Å². The van der Waals surface area contributed by atoms with Crippen molar-refractivity contribution in [2.24, 2.45) is 5.73 Å². The van der Waals surface area contributed by atoms with Gasteiger partial charge in [0.15, 0.2) is 6.23 Å². The zero-order chi connectivity index (χ0) is 21.6. The minimum atomic E-state index is -1.13. The van der Waals surface area contributed by atoms with E-state index in [9.17, 15) is 4.79 Å². The van der Waals surface area contributed by atoms with Gasteiger partial charge in [-0.05, 0) is 13.3 Å². The standard InChI is InChI=1S/C24H49NO4/c1-3-4-5-6-7-8-9-10-11-12-13-14-15-16-17-18-20-28-21-19-23(25)29-24(27)22(2)26/h22-23,26H,3-21,25H2,1-2H3. The molecule has 0 rings (SSSR count). The third-order valence-corrected chi connectivity index (χ3v) is 5.30. The number of aliphatic hydroxyl groups is 1.